The quantitative estimate of drug-likeness (QED) is 0.905. The van der Waals surface area contributed by atoms with Gasteiger partial charge in [-0.2, -0.15) is 11.8 Å². The Bertz CT molecular complexity index is 578. The molecule has 7 heteroatoms. The van der Waals surface area contributed by atoms with Crippen molar-refractivity contribution in [1.82, 2.24) is 0 Å². The highest BCUT2D eigenvalue weighted by atomic mass is 32.2. The molecule has 1 aliphatic rings. The lowest BCUT2D eigenvalue weighted by molar-refractivity contribution is 0.584. The molecule has 0 aliphatic carbocycles. The molecule has 1 aromatic rings. The molecule has 112 valence electrons. The topological polar surface area (TPSA) is 63.4 Å². The molecule has 1 unspecified atom stereocenters. The second-order valence-corrected chi connectivity index (χ2v) is 8.22. The first-order valence-electron chi connectivity index (χ1n) is 6.45. The average molecular weight is 318 g/mol. The SMILES string of the molecule is CS(=O)(=O)C1CSCCN1c1ccc(F)cc1CCN. The van der Waals surface area contributed by atoms with Gasteiger partial charge in [-0.3, -0.25) is 0 Å². The molecule has 1 atom stereocenters. The summed E-state index contributed by atoms with van der Waals surface area (Å²) in [6, 6.07) is 4.48. The van der Waals surface area contributed by atoms with Gasteiger partial charge in [0.1, 0.15) is 11.2 Å². The van der Waals surface area contributed by atoms with Crippen LogP contribution in [-0.4, -0.2) is 44.6 Å². The van der Waals surface area contributed by atoms with Crippen molar-refractivity contribution in [2.24, 2.45) is 5.73 Å². The van der Waals surface area contributed by atoms with Gasteiger partial charge in [0.25, 0.3) is 0 Å². The molecule has 0 bridgehead atoms. The Hall–Kier alpha value is -0.790. The zero-order chi connectivity index (χ0) is 14.8. The standard InChI is InChI=1S/C13H19FN2O2S2/c1-20(17,18)13-9-19-7-6-16(13)12-3-2-11(14)8-10(12)4-5-15/h2-3,8,13H,4-7,9,15H2,1H3. The van der Waals surface area contributed by atoms with Crippen molar-refractivity contribution in [3.05, 3.63) is 29.6 Å². The molecular formula is C13H19FN2O2S2. The van der Waals surface area contributed by atoms with Crippen molar-refractivity contribution in [1.29, 1.82) is 0 Å². The summed E-state index contributed by atoms with van der Waals surface area (Å²) in [6.07, 6.45) is 1.79. The van der Waals surface area contributed by atoms with Crippen molar-refractivity contribution in [3.63, 3.8) is 0 Å². The summed E-state index contributed by atoms with van der Waals surface area (Å²) in [4.78, 5) is 1.87. The van der Waals surface area contributed by atoms with E-state index in [0.717, 1.165) is 17.0 Å². The molecule has 0 saturated carbocycles. The average Bonchev–Trinajstić information content (AvgIpc) is 2.38. The zero-order valence-electron chi connectivity index (χ0n) is 11.4. The van der Waals surface area contributed by atoms with Crippen LogP contribution in [0.25, 0.3) is 0 Å². The van der Waals surface area contributed by atoms with E-state index in [1.807, 2.05) is 4.90 Å². The van der Waals surface area contributed by atoms with E-state index in [-0.39, 0.29) is 5.82 Å². The van der Waals surface area contributed by atoms with Crippen LogP contribution in [0.1, 0.15) is 5.56 Å². The Morgan fingerprint density at radius 3 is 2.90 bits per heavy atom. The fourth-order valence-electron chi connectivity index (χ4n) is 2.40. The van der Waals surface area contributed by atoms with E-state index >= 15 is 0 Å². The normalized spacial score (nSPS) is 20.1. The minimum absolute atomic E-state index is 0.320. The third-order valence-corrected chi connectivity index (χ3v) is 5.99. The number of sulfone groups is 1. The number of rotatable bonds is 4. The maximum absolute atomic E-state index is 13.4. The predicted octanol–water partition coefficient (Wildman–Crippen LogP) is 1.25. The molecule has 0 radical (unpaired) electrons. The van der Waals surface area contributed by atoms with Gasteiger partial charge < -0.3 is 10.6 Å². The number of thioether (sulfide) groups is 1. The van der Waals surface area contributed by atoms with E-state index in [0.29, 0.717) is 25.3 Å². The van der Waals surface area contributed by atoms with Gasteiger partial charge in [0.15, 0.2) is 9.84 Å². The number of hydrogen-bond donors (Lipinski definition) is 1. The van der Waals surface area contributed by atoms with E-state index in [9.17, 15) is 12.8 Å². The van der Waals surface area contributed by atoms with Gasteiger partial charge in [0, 0.05) is 30.0 Å². The highest BCUT2D eigenvalue weighted by molar-refractivity contribution is 8.01. The molecule has 0 aromatic heterocycles. The Balaban J connectivity index is 2.42. The maximum Gasteiger partial charge on any atom is 0.169 e. The molecule has 20 heavy (non-hydrogen) atoms. The smallest absolute Gasteiger partial charge is 0.169 e. The fourth-order valence-corrected chi connectivity index (χ4v) is 5.23. The number of hydrogen-bond acceptors (Lipinski definition) is 5. The first-order chi connectivity index (χ1) is 9.43. The summed E-state index contributed by atoms with van der Waals surface area (Å²) >= 11 is 1.63. The van der Waals surface area contributed by atoms with Crippen LogP contribution in [-0.2, 0) is 16.3 Å². The number of anilines is 1. The van der Waals surface area contributed by atoms with Crippen molar-refractivity contribution in [2.75, 3.05) is 35.8 Å². The Kier molecular flexibility index (Phi) is 4.93. The number of halogens is 1. The lowest BCUT2D eigenvalue weighted by Gasteiger charge is -2.37. The summed E-state index contributed by atoms with van der Waals surface area (Å²) < 4.78 is 37.3. The molecule has 1 heterocycles. The highest BCUT2D eigenvalue weighted by Gasteiger charge is 2.32. The van der Waals surface area contributed by atoms with Crippen molar-refractivity contribution >= 4 is 27.3 Å². The second-order valence-electron chi connectivity index (χ2n) is 4.86. The molecule has 2 N–H and O–H groups in total. The lowest BCUT2D eigenvalue weighted by atomic mass is 10.1. The summed E-state index contributed by atoms with van der Waals surface area (Å²) in [5.41, 5.74) is 7.12. The molecular weight excluding hydrogens is 299 g/mol. The summed E-state index contributed by atoms with van der Waals surface area (Å²) in [5.74, 6) is 1.09. The van der Waals surface area contributed by atoms with Crippen LogP contribution in [0.2, 0.25) is 0 Å². The number of benzene rings is 1. The third kappa shape index (κ3) is 3.45. The molecule has 2 rings (SSSR count). The van der Waals surface area contributed by atoms with Crippen LogP contribution in [0.5, 0.6) is 0 Å². The summed E-state index contributed by atoms with van der Waals surface area (Å²) in [7, 11) is -3.18. The van der Waals surface area contributed by atoms with Gasteiger partial charge >= 0.3 is 0 Å². The molecule has 1 aliphatic heterocycles. The third-order valence-electron chi connectivity index (χ3n) is 3.34. The Morgan fingerprint density at radius 2 is 2.25 bits per heavy atom. The van der Waals surface area contributed by atoms with E-state index in [1.54, 1.807) is 17.8 Å². The van der Waals surface area contributed by atoms with Gasteiger partial charge in [0.2, 0.25) is 0 Å². The number of nitrogens with two attached hydrogens (primary N) is 1. The molecule has 4 nitrogen and oxygen atoms in total. The van der Waals surface area contributed by atoms with Gasteiger partial charge in [-0.1, -0.05) is 0 Å². The molecule has 0 amide bonds. The van der Waals surface area contributed by atoms with Gasteiger partial charge in [0.05, 0.1) is 0 Å². The Labute approximate surface area is 123 Å². The minimum atomic E-state index is -3.18. The largest absolute Gasteiger partial charge is 0.353 e. The molecule has 1 saturated heterocycles. The van der Waals surface area contributed by atoms with Crippen LogP contribution in [0.4, 0.5) is 10.1 Å². The van der Waals surface area contributed by atoms with Crippen molar-refractivity contribution in [3.8, 4) is 0 Å². The summed E-state index contributed by atoms with van der Waals surface area (Å²) in [6.45, 7) is 1.05. The van der Waals surface area contributed by atoms with Crippen LogP contribution in [0, 0.1) is 5.82 Å². The minimum Gasteiger partial charge on any atom is -0.353 e. The van der Waals surface area contributed by atoms with E-state index in [1.165, 1.54) is 18.4 Å². The van der Waals surface area contributed by atoms with Crippen LogP contribution in [0.15, 0.2) is 18.2 Å². The van der Waals surface area contributed by atoms with Gasteiger partial charge in [-0.05, 0) is 36.7 Å². The highest BCUT2D eigenvalue weighted by Crippen LogP contribution is 2.30. The molecule has 1 aromatic carbocycles. The lowest BCUT2D eigenvalue weighted by Crippen LogP contribution is -2.47. The van der Waals surface area contributed by atoms with Crippen molar-refractivity contribution < 1.29 is 12.8 Å². The first kappa shape index (κ1) is 15.6. The number of nitrogens with zero attached hydrogens (tertiary/aromatic N) is 1. The van der Waals surface area contributed by atoms with Crippen LogP contribution < -0.4 is 10.6 Å². The molecule has 0 spiro atoms. The van der Waals surface area contributed by atoms with Crippen LogP contribution >= 0.6 is 11.8 Å². The second kappa shape index (κ2) is 6.32. The Morgan fingerprint density at radius 1 is 1.50 bits per heavy atom. The summed E-state index contributed by atoms with van der Waals surface area (Å²) in [5, 5.41) is -0.553. The first-order valence-corrected chi connectivity index (χ1v) is 9.56. The maximum atomic E-state index is 13.4. The van der Waals surface area contributed by atoms with E-state index in [2.05, 4.69) is 0 Å². The zero-order valence-corrected chi connectivity index (χ0v) is 13.0. The molecule has 1 fully saturated rings. The fraction of sp³-hybridized carbons (Fsp3) is 0.538. The van der Waals surface area contributed by atoms with Crippen LogP contribution in [0.3, 0.4) is 0 Å². The monoisotopic (exact) mass is 318 g/mol. The van der Waals surface area contributed by atoms with E-state index < -0.39 is 15.2 Å². The van der Waals surface area contributed by atoms with Gasteiger partial charge in [-0.15, -0.1) is 0 Å². The van der Waals surface area contributed by atoms with Crippen molar-refractivity contribution in [2.45, 2.75) is 11.8 Å². The predicted molar refractivity (Wildman–Crippen MR) is 82.5 cm³/mol. The van der Waals surface area contributed by atoms with Gasteiger partial charge in [-0.25, -0.2) is 12.8 Å². The van der Waals surface area contributed by atoms with E-state index in [4.69, 9.17) is 5.73 Å².